The smallest absolute Gasteiger partial charge is 0.253 e. The van der Waals surface area contributed by atoms with Gasteiger partial charge in [-0.3, -0.25) is 23.8 Å². The lowest BCUT2D eigenvalue weighted by molar-refractivity contribution is -0.118. The van der Waals surface area contributed by atoms with Crippen LogP contribution >= 0.6 is 11.3 Å². The highest BCUT2D eigenvalue weighted by atomic mass is 32.1. The maximum Gasteiger partial charge on any atom is 0.253 e. The van der Waals surface area contributed by atoms with E-state index in [1.54, 1.807) is 42.2 Å². The van der Waals surface area contributed by atoms with Crippen LogP contribution in [0, 0.1) is 6.92 Å². The average Bonchev–Trinajstić information content (AvgIpc) is 3.59. The van der Waals surface area contributed by atoms with E-state index in [0.29, 0.717) is 28.2 Å². The lowest BCUT2D eigenvalue weighted by Crippen LogP contribution is -2.27. The highest BCUT2D eigenvalue weighted by molar-refractivity contribution is 7.15. The zero-order chi connectivity index (χ0) is 23.8. The maximum atomic E-state index is 13.2. The van der Waals surface area contributed by atoms with E-state index in [1.165, 1.54) is 15.9 Å². The van der Waals surface area contributed by atoms with Gasteiger partial charge < -0.3 is 11.1 Å². The second kappa shape index (κ2) is 8.56. The van der Waals surface area contributed by atoms with Crippen LogP contribution in [0.5, 0.6) is 0 Å². The molecule has 4 N–H and O–H groups in total. The molecule has 0 spiro atoms. The summed E-state index contributed by atoms with van der Waals surface area (Å²) in [6, 6.07) is 5.48. The van der Waals surface area contributed by atoms with E-state index in [9.17, 15) is 9.59 Å². The van der Waals surface area contributed by atoms with Gasteiger partial charge in [0.05, 0.1) is 34.6 Å². The zero-order valence-electron chi connectivity index (χ0n) is 18.4. The Labute approximate surface area is 197 Å². The number of thiophene rings is 1. The van der Waals surface area contributed by atoms with Gasteiger partial charge in [-0.25, -0.2) is 9.97 Å². The Balaban J connectivity index is 1.61. The summed E-state index contributed by atoms with van der Waals surface area (Å²) in [6.45, 7) is 3.82. The van der Waals surface area contributed by atoms with Crippen molar-refractivity contribution < 1.29 is 9.59 Å². The highest BCUT2D eigenvalue weighted by Gasteiger charge is 2.20. The van der Waals surface area contributed by atoms with Gasteiger partial charge in [0.25, 0.3) is 5.91 Å². The summed E-state index contributed by atoms with van der Waals surface area (Å²) in [5, 5.41) is 13.8. The van der Waals surface area contributed by atoms with Crippen molar-refractivity contribution in [1.82, 2.24) is 39.7 Å². The molecule has 5 heterocycles. The normalized spacial score (nSPS) is 12.2. The molecule has 0 aliphatic carbocycles. The van der Waals surface area contributed by atoms with Gasteiger partial charge in [-0.1, -0.05) is 0 Å². The SMILES string of the molecule is Cc1ccc(-c2cnc3c(-c4cnn(CC(N)=O)c4)cc(C(=O)N[C@@H](C)c4ncn[nH]4)cn23)s1. The maximum absolute atomic E-state index is 13.2. The van der Waals surface area contributed by atoms with Crippen LogP contribution in [-0.2, 0) is 11.3 Å². The number of nitrogens with one attached hydrogen (secondary N) is 2. The molecular weight excluding hydrogens is 454 g/mol. The number of hydrogen-bond donors (Lipinski definition) is 3. The molecule has 0 saturated carbocycles. The summed E-state index contributed by atoms with van der Waals surface area (Å²) < 4.78 is 3.36. The van der Waals surface area contributed by atoms with E-state index in [2.05, 4.69) is 30.6 Å². The van der Waals surface area contributed by atoms with Crippen LogP contribution in [0.3, 0.4) is 0 Å². The number of imidazole rings is 1. The number of hydrogen-bond acceptors (Lipinski definition) is 7. The topological polar surface area (TPSA) is 149 Å². The molecule has 0 fully saturated rings. The molecule has 0 aliphatic heterocycles. The predicted octanol–water partition coefficient (Wildman–Crippen LogP) is 2.33. The standard InChI is InChI=1S/C22H21N9O2S/c1-12-3-4-18(34-12)17-7-24-21-16(15-6-27-30(8-15)10-19(23)32)5-14(9-31(17)21)22(33)28-13(2)20-25-11-26-29-20/h3-9,11,13H,10H2,1-2H3,(H2,23,32)(H,28,33)(H,25,26,29)/t13-/m0/s1. The molecule has 1 atom stereocenters. The minimum absolute atomic E-state index is 0.0423. The molecule has 2 amide bonds. The molecule has 0 bridgehead atoms. The molecule has 0 radical (unpaired) electrons. The Hall–Kier alpha value is -4.32. The number of nitrogens with zero attached hydrogens (tertiary/aromatic N) is 6. The number of aromatic amines is 1. The van der Waals surface area contributed by atoms with Crippen LogP contribution in [0.4, 0.5) is 0 Å². The van der Waals surface area contributed by atoms with E-state index in [0.717, 1.165) is 10.6 Å². The summed E-state index contributed by atoms with van der Waals surface area (Å²) in [4.78, 5) is 35.5. The minimum Gasteiger partial charge on any atom is -0.368 e. The summed E-state index contributed by atoms with van der Waals surface area (Å²) in [6.07, 6.45) is 8.29. The fourth-order valence-electron chi connectivity index (χ4n) is 3.70. The molecule has 11 nitrogen and oxygen atoms in total. The molecule has 0 unspecified atom stereocenters. The van der Waals surface area contributed by atoms with Gasteiger partial charge in [0, 0.05) is 28.4 Å². The summed E-state index contributed by atoms with van der Waals surface area (Å²) in [7, 11) is 0. The van der Waals surface area contributed by atoms with Crippen LogP contribution in [-0.4, -0.2) is 46.2 Å². The van der Waals surface area contributed by atoms with Crippen molar-refractivity contribution in [3.63, 3.8) is 0 Å². The molecule has 0 aliphatic rings. The number of aryl methyl sites for hydroxylation is 1. The number of H-pyrrole nitrogens is 1. The third-order valence-electron chi connectivity index (χ3n) is 5.31. The highest BCUT2D eigenvalue weighted by Crippen LogP contribution is 2.32. The van der Waals surface area contributed by atoms with E-state index in [1.807, 2.05) is 30.4 Å². The fourth-order valence-corrected chi connectivity index (χ4v) is 4.57. The Morgan fingerprint density at radius 2 is 2.09 bits per heavy atom. The van der Waals surface area contributed by atoms with E-state index in [4.69, 9.17) is 5.73 Å². The number of nitrogens with two attached hydrogens (primary N) is 1. The van der Waals surface area contributed by atoms with Crippen LogP contribution in [0.25, 0.3) is 27.3 Å². The molecule has 0 aromatic carbocycles. The Morgan fingerprint density at radius 1 is 1.24 bits per heavy atom. The van der Waals surface area contributed by atoms with Crippen molar-refractivity contribution in [3.8, 4) is 21.7 Å². The number of aromatic nitrogens is 7. The molecule has 12 heteroatoms. The first-order chi connectivity index (χ1) is 16.4. The van der Waals surface area contributed by atoms with Gasteiger partial charge in [0.2, 0.25) is 5.91 Å². The first-order valence-corrected chi connectivity index (χ1v) is 11.3. The molecule has 0 saturated heterocycles. The molecular formula is C22H21N9O2S. The van der Waals surface area contributed by atoms with Crippen LogP contribution in [0.2, 0.25) is 0 Å². The summed E-state index contributed by atoms with van der Waals surface area (Å²) in [5.41, 5.74) is 8.69. The lowest BCUT2D eigenvalue weighted by Gasteiger charge is -2.13. The lowest BCUT2D eigenvalue weighted by atomic mass is 10.1. The van der Waals surface area contributed by atoms with Crippen molar-refractivity contribution in [2.24, 2.45) is 5.73 Å². The fraction of sp³-hybridized carbons (Fsp3) is 0.182. The van der Waals surface area contributed by atoms with Gasteiger partial charge in [-0.15, -0.1) is 11.3 Å². The predicted molar refractivity (Wildman–Crippen MR) is 126 cm³/mol. The van der Waals surface area contributed by atoms with Crippen molar-refractivity contribution in [2.45, 2.75) is 26.4 Å². The van der Waals surface area contributed by atoms with Crippen molar-refractivity contribution >= 4 is 28.8 Å². The Bertz CT molecular complexity index is 1500. The van der Waals surface area contributed by atoms with Crippen molar-refractivity contribution in [2.75, 3.05) is 0 Å². The van der Waals surface area contributed by atoms with Crippen molar-refractivity contribution in [1.29, 1.82) is 0 Å². The number of fused-ring (bicyclic) bond motifs is 1. The molecule has 5 aromatic heterocycles. The molecule has 34 heavy (non-hydrogen) atoms. The van der Waals surface area contributed by atoms with Gasteiger partial charge in [-0.05, 0) is 32.0 Å². The quantitative estimate of drug-likeness (QED) is 0.329. The molecule has 5 rings (SSSR count). The third-order valence-corrected chi connectivity index (χ3v) is 6.34. The Morgan fingerprint density at radius 3 is 2.79 bits per heavy atom. The number of rotatable bonds is 7. The average molecular weight is 476 g/mol. The number of carbonyl (C=O) groups excluding carboxylic acids is 2. The number of carbonyl (C=O) groups is 2. The van der Waals surface area contributed by atoms with Crippen LogP contribution in [0.1, 0.15) is 34.0 Å². The number of primary amides is 1. The van der Waals surface area contributed by atoms with Crippen LogP contribution in [0.15, 0.2) is 49.3 Å². The van der Waals surface area contributed by atoms with Gasteiger partial charge in [0.1, 0.15) is 24.3 Å². The zero-order valence-corrected chi connectivity index (χ0v) is 19.2. The molecule has 5 aromatic rings. The number of pyridine rings is 1. The first kappa shape index (κ1) is 21.5. The van der Waals surface area contributed by atoms with E-state index >= 15 is 0 Å². The molecule has 172 valence electrons. The second-order valence-electron chi connectivity index (χ2n) is 7.85. The second-order valence-corrected chi connectivity index (χ2v) is 9.14. The van der Waals surface area contributed by atoms with E-state index in [-0.39, 0.29) is 18.5 Å². The van der Waals surface area contributed by atoms with Crippen LogP contribution < -0.4 is 11.1 Å². The largest absolute Gasteiger partial charge is 0.368 e. The van der Waals surface area contributed by atoms with Gasteiger partial charge in [0.15, 0.2) is 0 Å². The summed E-state index contributed by atoms with van der Waals surface area (Å²) >= 11 is 1.65. The van der Waals surface area contributed by atoms with Gasteiger partial charge in [-0.2, -0.15) is 10.2 Å². The third kappa shape index (κ3) is 4.06. The van der Waals surface area contributed by atoms with Gasteiger partial charge >= 0.3 is 0 Å². The minimum atomic E-state index is -0.495. The first-order valence-electron chi connectivity index (χ1n) is 10.4. The number of amides is 2. The van der Waals surface area contributed by atoms with E-state index < -0.39 is 5.91 Å². The van der Waals surface area contributed by atoms with Crippen molar-refractivity contribution in [3.05, 3.63) is 65.6 Å². The monoisotopic (exact) mass is 475 g/mol. The Kier molecular flexibility index (Phi) is 5.42. The summed E-state index contributed by atoms with van der Waals surface area (Å²) in [5.74, 6) is -0.219.